The Morgan fingerprint density at radius 1 is 0.920 bits per heavy atom. The van der Waals surface area contributed by atoms with Crippen LogP contribution in [0.15, 0.2) is 48.5 Å². The minimum Gasteiger partial charge on any atom is -0.342 e. The molecule has 0 spiro atoms. The first-order chi connectivity index (χ1) is 11.9. The fraction of sp³-hybridized carbons (Fsp3) is 0.211. The monoisotopic (exact) mass is 339 g/mol. The largest absolute Gasteiger partial charge is 0.342 e. The lowest BCUT2D eigenvalue weighted by Crippen LogP contribution is -2.24. The molecule has 6 nitrogen and oxygen atoms in total. The van der Waals surface area contributed by atoms with E-state index in [1.165, 1.54) is 13.8 Å². The van der Waals surface area contributed by atoms with Gasteiger partial charge in [0.25, 0.3) is 5.91 Å². The van der Waals surface area contributed by atoms with Crippen LogP contribution in [0.25, 0.3) is 0 Å². The minimum absolute atomic E-state index is 0.0466. The Morgan fingerprint density at radius 3 is 2.16 bits per heavy atom. The quantitative estimate of drug-likeness (QED) is 0.879. The van der Waals surface area contributed by atoms with Crippen LogP contribution in [0.3, 0.4) is 0 Å². The number of carbonyl (C=O) groups excluding carboxylic acids is 3. The summed E-state index contributed by atoms with van der Waals surface area (Å²) in [4.78, 5) is 36.5. The molecule has 0 bridgehead atoms. The second-order valence-electron chi connectivity index (χ2n) is 5.74. The standard InChI is InChI=1S/C19H21N3O3/c1-13(23)20-17-10-8-15(9-11-17)19(25)21-18-7-5-4-6-16(18)12-22(3)14(2)24/h4-11H,12H2,1-3H3,(H,20,23)(H,21,25). The highest BCUT2D eigenvalue weighted by molar-refractivity contribution is 6.05. The zero-order chi connectivity index (χ0) is 18.4. The van der Waals surface area contributed by atoms with Crippen molar-refractivity contribution >= 4 is 29.1 Å². The molecule has 2 aromatic rings. The van der Waals surface area contributed by atoms with Crippen molar-refractivity contribution in [2.24, 2.45) is 0 Å². The molecule has 0 unspecified atom stereocenters. The van der Waals surface area contributed by atoms with Crippen molar-refractivity contribution in [3.05, 3.63) is 59.7 Å². The van der Waals surface area contributed by atoms with Gasteiger partial charge in [0.05, 0.1) is 0 Å². The molecule has 3 amide bonds. The Morgan fingerprint density at radius 2 is 1.56 bits per heavy atom. The Bertz CT molecular complexity index is 785. The summed E-state index contributed by atoms with van der Waals surface area (Å²) in [5.41, 5.74) is 2.62. The van der Waals surface area contributed by atoms with Crippen molar-refractivity contribution < 1.29 is 14.4 Å². The third-order valence-corrected chi connectivity index (χ3v) is 3.68. The molecular formula is C19H21N3O3. The lowest BCUT2D eigenvalue weighted by Gasteiger charge is -2.18. The number of amides is 3. The number of nitrogens with one attached hydrogen (secondary N) is 2. The van der Waals surface area contributed by atoms with E-state index in [4.69, 9.17) is 0 Å². The highest BCUT2D eigenvalue weighted by atomic mass is 16.2. The van der Waals surface area contributed by atoms with E-state index in [0.29, 0.717) is 23.5 Å². The maximum atomic E-state index is 12.4. The van der Waals surface area contributed by atoms with Gasteiger partial charge in [0.15, 0.2) is 0 Å². The van der Waals surface area contributed by atoms with Crippen molar-refractivity contribution in [1.82, 2.24) is 4.90 Å². The second kappa shape index (κ2) is 8.10. The predicted octanol–water partition coefficient (Wildman–Crippen LogP) is 2.88. The SMILES string of the molecule is CC(=O)Nc1ccc(C(=O)Nc2ccccc2CN(C)C(C)=O)cc1. The van der Waals surface area contributed by atoms with Crippen LogP contribution in [0.1, 0.15) is 29.8 Å². The molecule has 0 aliphatic carbocycles. The number of rotatable bonds is 5. The maximum absolute atomic E-state index is 12.4. The maximum Gasteiger partial charge on any atom is 0.255 e. The average molecular weight is 339 g/mol. The van der Waals surface area contributed by atoms with E-state index >= 15 is 0 Å². The molecule has 0 atom stereocenters. The van der Waals surface area contributed by atoms with E-state index in [1.807, 2.05) is 18.2 Å². The van der Waals surface area contributed by atoms with Crippen molar-refractivity contribution in [1.29, 1.82) is 0 Å². The van der Waals surface area contributed by atoms with Gasteiger partial charge in [-0.2, -0.15) is 0 Å². The van der Waals surface area contributed by atoms with Gasteiger partial charge >= 0.3 is 0 Å². The summed E-state index contributed by atoms with van der Waals surface area (Å²) in [6.45, 7) is 3.33. The van der Waals surface area contributed by atoms with Crippen LogP contribution in [0.2, 0.25) is 0 Å². The molecule has 2 rings (SSSR count). The summed E-state index contributed by atoms with van der Waals surface area (Å²) in [5, 5.41) is 5.52. The number of nitrogens with zero attached hydrogens (tertiary/aromatic N) is 1. The van der Waals surface area contributed by atoms with Crippen molar-refractivity contribution in [2.45, 2.75) is 20.4 Å². The second-order valence-corrected chi connectivity index (χ2v) is 5.74. The summed E-state index contributed by atoms with van der Waals surface area (Å²) < 4.78 is 0. The first kappa shape index (κ1) is 18.2. The van der Waals surface area contributed by atoms with Crippen LogP contribution in [-0.2, 0) is 16.1 Å². The molecule has 0 fully saturated rings. The normalized spacial score (nSPS) is 10.0. The number of carbonyl (C=O) groups is 3. The van der Waals surface area contributed by atoms with Gasteiger partial charge in [-0.1, -0.05) is 18.2 Å². The summed E-state index contributed by atoms with van der Waals surface area (Å²) >= 11 is 0. The molecule has 0 saturated heterocycles. The van der Waals surface area contributed by atoms with Crippen LogP contribution in [0, 0.1) is 0 Å². The van der Waals surface area contributed by atoms with E-state index in [1.54, 1.807) is 42.3 Å². The topological polar surface area (TPSA) is 78.5 Å². The number of hydrogen-bond acceptors (Lipinski definition) is 3. The zero-order valence-electron chi connectivity index (χ0n) is 14.5. The molecule has 2 N–H and O–H groups in total. The molecule has 0 radical (unpaired) electrons. The molecule has 130 valence electrons. The molecular weight excluding hydrogens is 318 g/mol. The third-order valence-electron chi connectivity index (χ3n) is 3.68. The van der Waals surface area contributed by atoms with Crippen LogP contribution in [0.5, 0.6) is 0 Å². The smallest absolute Gasteiger partial charge is 0.255 e. The molecule has 0 aliphatic rings. The van der Waals surface area contributed by atoms with E-state index in [2.05, 4.69) is 10.6 Å². The summed E-state index contributed by atoms with van der Waals surface area (Å²) in [7, 11) is 1.71. The van der Waals surface area contributed by atoms with Crippen molar-refractivity contribution in [3.63, 3.8) is 0 Å². The lowest BCUT2D eigenvalue weighted by atomic mass is 10.1. The van der Waals surface area contributed by atoms with E-state index < -0.39 is 0 Å². The van der Waals surface area contributed by atoms with Gasteiger partial charge in [-0.05, 0) is 35.9 Å². The van der Waals surface area contributed by atoms with Crippen molar-refractivity contribution in [3.8, 4) is 0 Å². The number of para-hydroxylation sites is 1. The number of hydrogen-bond donors (Lipinski definition) is 2. The first-order valence-electron chi connectivity index (χ1n) is 7.85. The summed E-state index contributed by atoms with van der Waals surface area (Å²) in [6.07, 6.45) is 0. The van der Waals surface area contributed by atoms with E-state index in [0.717, 1.165) is 5.56 Å². The highest BCUT2D eigenvalue weighted by Crippen LogP contribution is 2.18. The Hall–Kier alpha value is -3.15. The minimum atomic E-state index is -0.257. The fourth-order valence-corrected chi connectivity index (χ4v) is 2.25. The Kier molecular flexibility index (Phi) is 5.89. The molecule has 0 aromatic heterocycles. The summed E-state index contributed by atoms with van der Waals surface area (Å²) in [5.74, 6) is -0.470. The van der Waals surface area contributed by atoms with Gasteiger partial charge in [-0.3, -0.25) is 14.4 Å². The molecule has 6 heteroatoms. The van der Waals surface area contributed by atoms with Gasteiger partial charge in [-0.25, -0.2) is 0 Å². The van der Waals surface area contributed by atoms with Crippen LogP contribution >= 0.6 is 0 Å². The summed E-state index contributed by atoms with van der Waals surface area (Å²) in [6, 6.07) is 14.0. The van der Waals surface area contributed by atoms with E-state index in [-0.39, 0.29) is 17.7 Å². The molecule has 2 aromatic carbocycles. The zero-order valence-corrected chi connectivity index (χ0v) is 14.5. The third kappa shape index (κ3) is 5.17. The van der Waals surface area contributed by atoms with Gasteiger partial charge in [-0.15, -0.1) is 0 Å². The van der Waals surface area contributed by atoms with Gasteiger partial charge in [0, 0.05) is 44.4 Å². The van der Waals surface area contributed by atoms with Gasteiger partial charge < -0.3 is 15.5 Å². The number of anilines is 2. The highest BCUT2D eigenvalue weighted by Gasteiger charge is 2.11. The molecule has 25 heavy (non-hydrogen) atoms. The molecule has 0 aliphatic heterocycles. The van der Waals surface area contributed by atoms with Crippen LogP contribution in [-0.4, -0.2) is 29.7 Å². The fourth-order valence-electron chi connectivity index (χ4n) is 2.25. The van der Waals surface area contributed by atoms with Crippen LogP contribution < -0.4 is 10.6 Å². The molecule has 0 heterocycles. The lowest BCUT2D eigenvalue weighted by molar-refractivity contribution is -0.128. The average Bonchev–Trinajstić information content (AvgIpc) is 2.56. The molecule has 0 saturated carbocycles. The van der Waals surface area contributed by atoms with Gasteiger partial charge in [0.2, 0.25) is 11.8 Å². The first-order valence-corrected chi connectivity index (χ1v) is 7.85. The van der Waals surface area contributed by atoms with Crippen molar-refractivity contribution in [2.75, 3.05) is 17.7 Å². The number of benzene rings is 2. The van der Waals surface area contributed by atoms with Gasteiger partial charge in [0.1, 0.15) is 0 Å². The predicted molar refractivity (Wildman–Crippen MR) is 97.3 cm³/mol. The Labute approximate surface area is 146 Å². The Balaban J connectivity index is 2.12. The van der Waals surface area contributed by atoms with Crippen LogP contribution in [0.4, 0.5) is 11.4 Å². The van der Waals surface area contributed by atoms with E-state index in [9.17, 15) is 14.4 Å².